The van der Waals surface area contributed by atoms with E-state index in [4.69, 9.17) is 11.6 Å². The van der Waals surface area contributed by atoms with Crippen molar-refractivity contribution in [2.75, 3.05) is 0 Å². The summed E-state index contributed by atoms with van der Waals surface area (Å²) in [5.41, 5.74) is 3.82. The van der Waals surface area contributed by atoms with E-state index in [1.807, 2.05) is 12.1 Å². The minimum atomic E-state index is 0.783. The van der Waals surface area contributed by atoms with Crippen LogP contribution >= 0.6 is 11.6 Å². The number of halogens is 1. The molecule has 0 bridgehead atoms. The Bertz CT molecular complexity index is 454. The van der Waals surface area contributed by atoms with Crippen LogP contribution in [0.3, 0.4) is 0 Å². The van der Waals surface area contributed by atoms with E-state index in [9.17, 15) is 0 Å². The Kier molecular flexibility index (Phi) is 2.83. The van der Waals surface area contributed by atoms with Crippen LogP contribution in [0.4, 0.5) is 0 Å². The van der Waals surface area contributed by atoms with Crippen molar-refractivity contribution in [3.05, 3.63) is 47.1 Å². The molecule has 0 amide bonds. The summed E-state index contributed by atoms with van der Waals surface area (Å²) < 4.78 is 2.25. The van der Waals surface area contributed by atoms with Crippen LogP contribution in [0.15, 0.2) is 36.5 Å². The first-order chi connectivity index (χ1) is 7.22. The van der Waals surface area contributed by atoms with Crippen LogP contribution in [0.2, 0.25) is 5.02 Å². The van der Waals surface area contributed by atoms with Crippen LogP contribution in [0, 0.1) is 6.92 Å². The van der Waals surface area contributed by atoms with E-state index in [0.717, 1.165) is 11.6 Å². The van der Waals surface area contributed by atoms with E-state index in [1.165, 1.54) is 16.8 Å². The highest BCUT2D eigenvalue weighted by molar-refractivity contribution is 6.30. The lowest BCUT2D eigenvalue weighted by Gasteiger charge is -2.08. The maximum absolute atomic E-state index is 5.88. The van der Waals surface area contributed by atoms with E-state index in [1.54, 1.807) is 0 Å². The second kappa shape index (κ2) is 4.11. The molecule has 0 aliphatic carbocycles. The molecular formula is C13H14ClN. The fourth-order valence-corrected chi connectivity index (χ4v) is 1.97. The van der Waals surface area contributed by atoms with Gasteiger partial charge in [0.1, 0.15) is 0 Å². The lowest BCUT2D eigenvalue weighted by Crippen LogP contribution is -1.95. The summed E-state index contributed by atoms with van der Waals surface area (Å²) in [6.45, 7) is 5.28. The Balaban J connectivity index is 2.52. The predicted octanol–water partition coefficient (Wildman–Crippen LogP) is 4.14. The maximum Gasteiger partial charge on any atom is 0.0509 e. The SMILES string of the molecule is CCn1ccc(C)c1-c1ccc(Cl)cc1. The molecule has 0 spiro atoms. The van der Waals surface area contributed by atoms with Crippen molar-refractivity contribution in [2.24, 2.45) is 0 Å². The molecule has 0 unspecified atom stereocenters. The molecule has 2 rings (SSSR count). The molecule has 0 atom stereocenters. The Hall–Kier alpha value is -1.21. The van der Waals surface area contributed by atoms with Gasteiger partial charge in [0.05, 0.1) is 5.69 Å². The standard InChI is InChI=1S/C13H14ClN/c1-3-15-9-8-10(2)13(15)11-4-6-12(14)7-5-11/h4-9H,3H2,1-2H3. The molecule has 0 fully saturated rings. The summed E-state index contributed by atoms with van der Waals surface area (Å²) in [6.07, 6.45) is 2.12. The first-order valence-electron chi connectivity index (χ1n) is 5.14. The molecule has 2 aromatic rings. The summed E-state index contributed by atoms with van der Waals surface area (Å²) in [5, 5.41) is 0.783. The van der Waals surface area contributed by atoms with Crippen molar-refractivity contribution in [2.45, 2.75) is 20.4 Å². The summed E-state index contributed by atoms with van der Waals surface area (Å²) in [6, 6.07) is 10.1. The van der Waals surface area contributed by atoms with Gasteiger partial charge >= 0.3 is 0 Å². The second-order valence-corrected chi connectivity index (χ2v) is 4.08. The van der Waals surface area contributed by atoms with Crippen molar-refractivity contribution in [1.82, 2.24) is 4.57 Å². The number of aryl methyl sites for hydroxylation is 2. The number of nitrogens with zero attached hydrogens (tertiary/aromatic N) is 1. The first-order valence-corrected chi connectivity index (χ1v) is 5.52. The van der Waals surface area contributed by atoms with Gasteiger partial charge in [-0.2, -0.15) is 0 Å². The molecule has 78 valence electrons. The molecule has 0 radical (unpaired) electrons. The third-order valence-corrected chi connectivity index (χ3v) is 2.88. The maximum atomic E-state index is 5.88. The number of hydrogen-bond donors (Lipinski definition) is 0. The predicted molar refractivity (Wildman–Crippen MR) is 65.3 cm³/mol. The zero-order valence-corrected chi connectivity index (χ0v) is 9.75. The van der Waals surface area contributed by atoms with Gasteiger partial charge in [0.2, 0.25) is 0 Å². The molecule has 1 nitrogen and oxygen atoms in total. The molecule has 1 heterocycles. The fourth-order valence-electron chi connectivity index (χ4n) is 1.85. The van der Waals surface area contributed by atoms with Gasteiger partial charge in [0.25, 0.3) is 0 Å². The van der Waals surface area contributed by atoms with Crippen LogP contribution in [-0.2, 0) is 6.54 Å². The summed E-state index contributed by atoms with van der Waals surface area (Å²) in [5.74, 6) is 0. The van der Waals surface area contributed by atoms with Crippen LogP contribution in [0.25, 0.3) is 11.3 Å². The molecule has 0 N–H and O–H groups in total. The van der Waals surface area contributed by atoms with E-state index >= 15 is 0 Å². The zero-order valence-electron chi connectivity index (χ0n) is 9.00. The highest BCUT2D eigenvalue weighted by Gasteiger charge is 2.06. The summed E-state index contributed by atoms with van der Waals surface area (Å²) in [4.78, 5) is 0. The third-order valence-electron chi connectivity index (χ3n) is 2.62. The van der Waals surface area contributed by atoms with Gasteiger partial charge in [-0.15, -0.1) is 0 Å². The largest absolute Gasteiger partial charge is 0.348 e. The van der Waals surface area contributed by atoms with Gasteiger partial charge in [0.15, 0.2) is 0 Å². The van der Waals surface area contributed by atoms with E-state index in [2.05, 4.69) is 42.8 Å². The molecule has 1 aromatic carbocycles. The molecule has 1 aromatic heterocycles. The van der Waals surface area contributed by atoms with Gasteiger partial charge in [-0.25, -0.2) is 0 Å². The second-order valence-electron chi connectivity index (χ2n) is 3.64. The van der Waals surface area contributed by atoms with Crippen LogP contribution in [0.5, 0.6) is 0 Å². The Labute approximate surface area is 95.3 Å². The van der Waals surface area contributed by atoms with Gasteiger partial charge in [-0.05, 0) is 43.2 Å². The van der Waals surface area contributed by atoms with E-state index in [0.29, 0.717) is 0 Å². The van der Waals surface area contributed by atoms with Crippen molar-refractivity contribution in [3.63, 3.8) is 0 Å². The van der Waals surface area contributed by atoms with Crippen molar-refractivity contribution < 1.29 is 0 Å². The first kappa shape index (κ1) is 10.3. The highest BCUT2D eigenvalue weighted by atomic mass is 35.5. The van der Waals surface area contributed by atoms with Crippen molar-refractivity contribution in [1.29, 1.82) is 0 Å². The molecule has 0 aliphatic rings. The molecular weight excluding hydrogens is 206 g/mol. The van der Waals surface area contributed by atoms with Gasteiger partial charge in [0, 0.05) is 17.8 Å². The van der Waals surface area contributed by atoms with Crippen molar-refractivity contribution in [3.8, 4) is 11.3 Å². The average Bonchev–Trinajstić information content (AvgIpc) is 2.61. The third kappa shape index (κ3) is 1.93. The Morgan fingerprint density at radius 2 is 1.80 bits per heavy atom. The lowest BCUT2D eigenvalue weighted by molar-refractivity contribution is 0.776. The molecule has 0 saturated heterocycles. The molecule has 15 heavy (non-hydrogen) atoms. The van der Waals surface area contributed by atoms with Gasteiger partial charge < -0.3 is 4.57 Å². The monoisotopic (exact) mass is 219 g/mol. The topological polar surface area (TPSA) is 4.93 Å². The Morgan fingerprint density at radius 1 is 1.13 bits per heavy atom. The zero-order chi connectivity index (χ0) is 10.8. The summed E-state index contributed by atoms with van der Waals surface area (Å²) >= 11 is 5.88. The van der Waals surface area contributed by atoms with Gasteiger partial charge in [-0.1, -0.05) is 23.7 Å². The molecule has 0 saturated carbocycles. The smallest absolute Gasteiger partial charge is 0.0509 e. The van der Waals surface area contributed by atoms with Gasteiger partial charge in [-0.3, -0.25) is 0 Å². The lowest BCUT2D eigenvalue weighted by atomic mass is 10.1. The average molecular weight is 220 g/mol. The van der Waals surface area contributed by atoms with Crippen LogP contribution in [0.1, 0.15) is 12.5 Å². The molecule has 2 heteroatoms. The normalized spacial score (nSPS) is 10.6. The minimum absolute atomic E-state index is 0.783. The van der Waals surface area contributed by atoms with E-state index in [-0.39, 0.29) is 0 Å². The minimum Gasteiger partial charge on any atom is -0.348 e. The van der Waals surface area contributed by atoms with Crippen LogP contribution < -0.4 is 0 Å². The quantitative estimate of drug-likeness (QED) is 0.716. The fraction of sp³-hybridized carbons (Fsp3) is 0.231. The Morgan fingerprint density at radius 3 is 2.40 bits per heavy atom. The summed E-state index contributed by atoms with van der Waals surface area (Å²) in [7, 11) is 0. The number of rotatable bonds is 2. The number of hydrogen-bond acceptors (Lipinski definition) is 0. The van der Waals surface area contributed by atoms with Crippen molar-refractivity contribution >= 4 is 11.6 Å². The highest BCUT2D eigenvalue weighted by Crippen LogP contribution is 2.25. The molecule has 0 aliphatic heterocycles. The number of aromatic nitrogens is 1. The number of benzene rings is 1. The van der Waals surface area contributed by atoms with E-state index < -0.39 is 0 Å². The van der Waals surface area contributed by atoms with Crippen LogP contribution in [-0.4, -0.2) is 4.57 Å².